The molecule has 0 bridgehead atoms. The van der Waals surface area contributed by atoms with Gasteiger partial charge in [-0.2, -0.15) is 0 Å². The Morgan fingerprint density at radius 1 is 1.30 bits per heavy atom. The second kappa shape index (κ2) is 5.38. The largest absolute Gasteiger partial charge is 0.353 e. The molecule has 0 saturated carbocycles. The van der Waals surface area contributed by atoms with Gasteiger partial charge in [-0.05, 0) is 26.1 Å². The smallest absolute Gasteiger partial charge is 0.133 e. The molecule has 2 aromatic rings. The zero-order chi connectivity index (χ0) is 14.1. The predicted octanol–water partition coefficient (Wildman–Crippen LogP) is 1.83. The van der Waals surface area contributed by atoms with Gasteiger partial charge in [-0.15, -0.1) is 0 Å². The highest BCUT2D eigenvalue weighted by Gasteiger charge is 2.23. The maximum Gasteiger partial charge on any atom is 0.133 e. The van der Waals surface area contributed by atoms with E-state index in [1.54, 1.807) is 0 Å². The standard InChI is InChI=1S/C16H22N4/c1-12-11-20(8-7-19(12)2)16-14(10-17)9-13-5-3-4-6-15(13)18-16/h3-6,9,12H,7-8,10-11,17H2,1-2H3. The van der Waals surface area contributed by atoms with Crippen LogP contribution in [0.4, 0.5) is 5.82 Å². The Bertz CT molecular complexity index is 610. The molecule has 0 amide bonds. The van der Waals surface area contributed by atoms with Gasteiger partial charge < -0.3 is 15.5 Å². The molecular formula is C16H22N4. The molecular weight excluding hydrogens is 248 g/mol. The summed E-state index contributed by atoms with van der Waals surface area (Å²) in [4.78, 5) is 9.62. The van der Waals surface area contributed by atoms with Crippen LogP contribution in [0.1, 0.15) is 12.5 Å². The van der Waals surface area contributed by atoms with Crippen LogP contribution in [0.5, 0.6) is 0 Å². The minimum atomic E-state index is 0.536. The number of anilines is 1. The van der Waals surface area contributed by atoms with Crippen LogP contribution in [0.2, 0.25) is 0 Å². The maximum absolute atomic E-state index is 5.93. The summed E-state index contributed by atoms with van der Waals surface area (Å²) in [7, 11) is 2.18. The number of fused-ring (bicyclic) bond motifs is 1. The van der Waals surface area contributed by atoms with Gasteiger partial charge in [0, 0.05) is 43.2 Å². The first-order valence-electron chi connectivity index (χ1n) is 7.23. The van der Waals surface area contributed by atoms with Crippen molar-refractivity contribution in [3.63, 3.8) is 0 Å². The minimum Gasteiger partial charge on any atom is -0.353 e. The van der Waals surface area contributed by atoms with Crippen molar-refractivity contribution >= 4 is 16.7 Å². The van der Waals surface area contributed by atoms with E-state index in [-0.39, 0.29) is 0 Å². The average Bonchev–Trinajstić information content (AvgIpc) is 2.48. The normalized spacial score (nSPS) is 20.6. The molecule has 1 aromatic carbocycles. The molecule has 1 aliphatic rings. The fourth-order valence-electron chi connectivity index (χ4n) is 2.81. The molecule has 2 heterocycles. The third-order valence-electron chi connectivity index (χ3n) is 4.26. The number of pyridine rings is 1. The van der Waals surface area contributed by atoms with Crippen molar-refractivity contribution in [1.82, 2.24) is 9.88 Å². The van der Waals surface area contributed by atoms with Crippen molar-refractivity contribution in [2.45, 2.75) is 19.5 Å². The van der Waals surface area contributed by atoms with Crippen molar-refractivity contribution in [2.75, 3.05) is 31.6 Å². The van der Waals surface area contributed by atoms with Crippen LogP contribution in [0.3, 0.4) is 0 Å². The Morgan fingerprint density at radius 2 is 2.10 bits per heavy atom. The first-order chi connectivity index (χ1) is 9.69. The second-order valence-corrected chi connectivity index (χ2v) is 5.64. The fourth-order valence-corrected chi connectivity index (χ4v) is 2.81. The lowest BCUT2D eigenvalue weighted by Crippen LogP contribution is -2.50. The summed E-state index contributed by atoms with van der Waals surface area (Å²) in [6.45, 7) is 5.89. The Kier molecular flexibility index (Phi) is 3.59. The van der Waals surface area contributed by atoms with E-state index in [0.29, 0.717) is 12.6 Å². The van der Waals surface area contributed by atoms with E-state index in [1.807, 2.05) is 12.1 Å². The van der Waals surface area contributed by atoms with Crippen LogP contribution < -0.4 is 10.6 Å². The first-order valence-corrected chi connectivity index (χ1v) is 7.23. The lowest BCUT2D eigenvalue weighted by atomic mass is 10.1. The summed E-state index contributed by atoms with van der Waals surface area (Å²) in [6.07, 6.45) is 0. The molecule has 1 aliphatic heterocycles. The van der Waals surface area contributed by atoms with Crippen LogP contribution in [0.25, 0.3) is 10.9 Å². The van der Waals surface area contributed by atoms with Gasteiger partial charge in [0.1, 0.15) is 5.82 Å². The van der Waals surface area contributed by atoms with Crippen LogP contribution in [0.15, 0.2) is 30.3 Å². The second-order valence-electron chi connectivity index (χ2n) is 5.64. The van der Waals surface area contributed by atoms with E-state index in [2.05, 4.69) is 42.0 Å². The maximum atomic E-state index is 5.93. The third-order valence-corrected chi connectivity index (χ3v) is 4.26. The van der Waals surface area contributed by atoms with Crippen molar-refractivity contribution < 1.29 is 0 Å². The minimum absolute atomic E-state index is 0.536. The zero-order valence-corrected chi connectivity index (χ0v) is 12.2. The first kappa shape index (κ1) is 13.3. The molecule has 1 atom stereocenters. The summed E-state index contributed by atoms with van der Waals surface area (Å²) >= 11 is 0. The van der Waals surface area contributed by atoms with Gasteiger partial charge in [-0.25, -0.2) is 4.98 Å². The Balaban J connectivity index is 2.01. The summed E-state index contributed by atoms with van der Waals surface area (Å²) in [5.41, 5.74) is 8.12. The average molecular weight is 270 g/mol. The topological polar surface area (TPSA) is 45.4 Å². The molecule has 1 saturated heterocycles. The number of hydrogen-bond donors (Lipinski definition) is 1. The summed E-state index contributed by atoms with van der Waals surface area (Å²) in [5.74, 6) is 1.06. The van der Waals surface area contributed by atoms with Crippen molar-refractivity contribution in [3.8, 4) is 0 Å². The molecule has 1 fully saturated rings. The number of likely N-dealkylation sites (N-methyl/N-ethyl adjacent to an activating group) is 1. The van der Waals surface area contributed by atoms with Crippen LogP contribution >= 0.6 is 0 Å². The number of nitrogens with zero attached hydrogens (tertiary/aromatic N) is 3. The number of para-hydroxylation sites is 1. The van der Waals surface area contributed by atoms with Crippen LogP contribution in [-0.4, -0.2) is 42.6 Å². The Labute approximate surface area is 120 Å². The lowest BCUT2D eigenvalue weighted by molar-refractivity contribution is 0.233. The van der Waals surface area contributed by atoms with Crippen molar-refractivity contribution in [2.24, 2.45) is 5.73 Å². The van der Waals surface area contributed by atoms with Gasteiger partial charge in [0.2, 0.25) is 0 Å². The van der Waals surface area contributed by atoms with E-state index < -0.39 is 0 Å². The summed E-state index contributed by atoms with van der Waals surface area (Å²) in [5, 5.41) is 1.17. The zero-order valence-electron chi connectivity index (χ0n) is 12.2. The van der Waals surface area contributed by atoms with Gasteiger partial charge in [-0.3, -0.25) is 0 Å². The Morgan fingerprint density at radius 3 is 2.85 bits per heavy atom. The van der Waals surface area contributed by atoms with Crippen molar-refractivity contribution in [1.29, 1.82) is 0 Å². The molecule has 0 radical (unpaired) electrons. The molecule has 20 heavy (non-hydrogen) atoms. The lowest BCUT2D eigenvalue weighted by Gasteiger charge is -2.39. The van der Waals surface area contributed by atoms with Crippen LogP contribution in [0, 0.1) is 0 Å². The highest BCUT2D eigenvalue weighted by Crippen LogP contribution is 2.25. The van der Waals surface area contributed by atoms with Crippen LogP contribution in [-0.2, 0) is 6.54 Å². The van der Waals surface area contributed by atoms with Gasteiger partial charge in [-0.1, -0.05) is 18.2 Å². The van der Waals surface area contributed by atoms with Gasteiger partial charge in [0.05, 0.1) is 5.52 Å². The van der Waals surface area contributed by atoms with Gasteiger partial charge >= 0.3 is 0 Å². The predicted molar refractivity (Wildman–Crippen MR) is 83.9 cm³/mol. The molecule has 2 N–H and O–H groups in total. The van der Waals surface area contributed by atoms with E-state index in [0.717, 1.165) is 36.5 Å². The number of nitrogens with two attached hydrogens (primary N) is 1. The van der Waals surface area contributed by atoms with E-state index in [4.69, 9.17) is 10.7 Å². The number of benzene rings is 1. The summed E-state index contributed by atoms with van der Waals surface area (Å²) < 4.78 is 0. The SMILES string of the molecule is CC1CN(c2nc3ccccc3cc2CN)CCN1C. The highest BCUT2D eigenvalue weighted by molar-refractivity contribution is 5.81. The highest BCUT2D eigenvalue weighted by atomic mass is 15.3. The van der Waals surface area contributed by atoms with Gasteiger partial charge in [0.15, 0.2) is 0 Å². The number of hydrogen-bond acceptors (Lipinski definition) is 4. The molecule has 1 unspecified atom stereocenters. The fraction of sp³-hybridized carbons (Fsp3) is 0.438. The summed E-state index contributed by atoms with van der Waals surface area (Å²) in [6, 6.07) is 11.0. The molecule has 0 spiro atoms. The Hall–Kier alpha value is -1.65. The molecule has 106 valence electrons. The van der Waals surface area contributed by atoms with E-state index >= 15 is 0 Å². The number of piperazine rings is 1. The van der Waals surface area contributed by atoms with Gasteiger partial charge in [0.25, 0.3) is 0 Å². The third kappa shape index (κ3) is 2.37. The molecule has 3 rings (SSSR count). The van der Waals surface area contributed by atoms with Crippen molar-refractivity contribution in [3.05, 3.63) is 35.9 Å². The molecule has 4 heteroatoms. The molecule has 0 aliphatic carbocycles. The monoisotopic (exact) mass is 270 g/mol. The van der Waals surface area contributed by atoms with E-state index in [9.17, 15) is 0 Å². The molecule has 4 nitrogen and oxygen atoms in total. The quantitative estimate of drug-likeness (QED) is 0.904. The molecule has 1 aromatic heterocycles. The van der Waals surface area contributed by atoms with E-state index in [1.165, 1.54) is 5.39 Å². The number of rotatable bonds is 2. The number of aromatic nitrogens is 1.